The normalized spacial score (nSPS) is 25.6. The Bertz CT molecular complexity index is 944. The van der Waals surface area contributed by atoms with Crippen molar-refractivity contribution < 1.29 is 8.78 Å². The lowest BCUT2D eigenvalue weighted by molar-refractivity contribution is 0.113. The fourth-order valence-electron chi connectivity index (χ4n) is 6.65. The lowest BCUT2D eigenvalue weighted by atomic mass is 9.63. The molecule has 0 amide bonds. The molecule has 2 fully saturated rings. The summed E-state index contributed by atoms with van der Waals surface area (Å²) in [6, 6.07) is 8.00. The van der Waals surface area contributed by atoms with Gasteiger partial charge in [0.15, 0.2) is 11.6 Å². The molecule has 0 saturated heterocycles. The molecule has 2 heteroatoms. The third-order valence-electron chi connectivity index (χ3n) is 8.59. The zero-order valence-corrected chi connectivity index (χ0v) is 20.7. The maximum Gasteiger partial charge on any atom is 0.166 e. The zero-order valence-electron chi connectivity index (χ0n) is 20.7. The van der Waals surface area contributed by atoms with Crippen LogP contribution in [0.5, 0.6) is 0 Å². The van der Waals surface area contributed by atoms with E-state index < -0.39 is 11.6 Å². The van der Waals surface area contributed by atoms with E-state index in [-0.39, 0.29) is 0 Å². The fourth-order valence-corrected chi connectivity index (χ4v) is 6.65. The van der Waals surface area contributed by atoms with Crippen LogP contribution >= 0.6 is 0 Å². The Morgan fingerprint density at radius 1 is 0.909 bits per heavy atom. The molecule has 0 radical (unpaired) electrons. The van der Waals surface area contributed by atoms with Crippen LogP contribution in [-0.2, 0) is 6.42 Å². The van der Waals surface area contributed by atoms with E-state index in [0.717, 1.165) is 29.6 Å². The highest BCUT2D eigenvalue weighted by Crippen LogP contribution is 2.48. The third kappa shape index (κ3) is 5.87. The molecule has 0 aromatic heterocycles. The van der Waals surface area contributed by atoms with Crippen molar-refractivity contribution in [1.82, 2.24) is 0 Å². The van der Waals surface area contributed by atoms with Crippen LogP contribution < -0.4 is 0 Å². The van der Waals surface area contributed by atoms with Crippen molar-refractivity contribution >= 4 is 10.8 Å². The molecule has 0 bridgehead atoms. The summed E-state index contributed by atoms with van der Waals surface area (Å²) in [5, 5.41) is 1.28. The van der Waals surface area contributed by atoms with Gasteiger partial charge in [-0.15, -0.1) is 0 Å². The Labute approximate surface area is 199 Å². The van der Waals surface area contributed by atoms with Crippen molar-refractivity contribution in [3.8, 4) is 0 Å². The molecule has 0 N–H and O–H groups in total. The first kappa shape index (κ1) is 24.4. The summed E-state index contributed by atoms with van der Waals surface area (Å²) in [4.78, 5) is 0. The quantitative estimate of drug-likeness (QED) is 0.262. The van der Waals surface area contributed by atoms with Gasteiger partial charge in [0.1, 0.15) is 0 Å². The van der Waals surface area contributed by atoms with Crippen molar-refractivity contribution in [2.24, 2.45) is 17.8 Å². The highest BCUT2D eigenvalue weighted by atomic mass is 19.2. The summed E-state index contributed by atoms with van der Waals surface area (Å²) < 4.78 is 29.7. The van der Waals surface area contributed by atoms with Gasteiger partial charge in [0.2, 0.25) is 0 Å². The van der Waals surface area contributed by atoms with Gasteiger partial charge in [-0.05, 0) is 104 Å². The van der Waals surface area contributed by atoms with Gasteiger partial charge in [0, 0.05) is 5.39 Å². The average molecular weight is 453 g/mol. The van der Waals surface area contributed by atoms with Crippen LogP contribution in [0.1, 0.15) is 108 Å². The fraction of sp³-hybridized carbons (Fsp3) is 0.613. The smallest absolute Gasteiger partial charge is 0.166 e. The van der Waals surface area contributed by atoms with E-state index in [4.69, 9.17) is 0 Å². The van der Waals surface area contributed by atoms with Crippen molar-refractivity contribution in [2.75, 3.05) is 0 Å². The van der Waals surface area contributed by atoms with Crippen molar-refractivity contribution in [1.29, 1.82) is 0 Å². The molecule has 2 aliphatic rings. The monoisotopic (exact) mass is 452 g/mol. The highest BCUT2D eigenvalue weighted by molar-refractivity contribution is 5.85. The third-order valence-corrected chi connectivity index (χ3v) is 8.59. The van der Waals surface area contributed by atoms with Crippen LogP contribution in [-0.4, -0.2) is 0 Å². The van der Waals surface area contributed by atoms with E-state index in [1.165, 1.54) is 76.2 Å². The molecule has 4 rings (SSSR count). The van der Waals surface area contributed by atoms with E-state index in [0.29, 0.717) is 23.3 Å². The van der Waals surface area contributed by atoms with Crippen LogP contribution in [0.2, 0.25) is 0 Å². The molecule has 0 nitrogen and oxygen atoms in total. The van der Waals surface area contributed by atoms with Crippen LogP contribution in [0, 0.1) is 29.4 Å². The number of allylic oxidation sites excluding steroid dienone is 2. The Kier molecular flexibility index (Phi) is 8.61. The summed E-state index contributed by atoms with van der Waals surface area (Å²) in [6.07, 6.45) is 20.1. The second kappa shape index (κ2) is 11.6. The van der Waals surface area contributed by atoms with Gasteiger partial charge in [-0.1, -0.05) is 69.7 Å². The molecular formula is C31H42F2. The first-order chi connectivity index (χ1) is 16.1. The Morgan fingerprint density at radius 3 is 2.55 bits per heavy atom. The summed E-state index contributed by atoms with van der Waals surface area (Å²) in [5.74, 6) is 1.82. The van der Waals surface area contributed by atoms with E-state index in [2.05, 4.69) is 13.0 Å². The lowest BCUT2D eigenvalue weighted by Crippen LogP contribution is -2.30. The summed E-state index contributed by atoms with van der Waals surface area (Å²) in [7, 11) is 0. The van der Waals surface area contributed by atoms with Gasteiger partial charge in [-0.2, -0.15) is 0 Å². The molecule has 33 heavy (non-hydrogen) atoms. The molecule has 2 aromatic carbocycles. The zero-order chi connectivity index (χ0) is 23.2. The largest absolute Gasteiger partial charge is 0.203 e. The van der Waals surface area contributed by atoms with Gasteiger partial charge in [0.05, 0.1) is 0 Å². The average Bonchev–Trinajstić information content (AvgIpc) is 2.84. The molecule has 0 aliphatic heterocycles. The van der Waals surface area contributed by atoms with Gasteiger partial charge < -0.3 is 0 Å². The number of aryl methyl sites for hydroxylation is 1. The van der Waals surface area contributed by atoms with Gasteiger partial charge in [-0.3, -0.25) is 0 Å². The number of benzene rings is 2. The minimum Gasteiger partial charge on any atom is -0.203 e. The Hall–Kier alpha value is -1.70. The minimum atomic E-state index is -0.665. The number of halogens is 2. The number of unbranched alkanes of at least 4 members (excludes halogenated alkanes) is 3. The van der Waals surface area contributed by atoms with E-state index in [9.17, 15) is 8.78 Å². The van der Waals surface area contributed by atoms with Crippen LogP contribution in [0.15, 0.2) is 36.4 Å². The van der Waals surface area contributed by atoms with E-state index in [1.54, 1.807) is 0 Å². The topological polar surface area (TPSA) is 0 Å². The van der Waals surface area contributed by atoms with Crippen LogP contribution in [0.3, 0.4) is 0 Å². The maximum absolute atomic E-state index is 15.0. The molecular weight excluding hydrogens is 410 g/mol. The molecule has 180 valence electrons. The predicted octanol–water partition coefficient (Wildman–Crippen LogP) is 9.90. The molecule has 0 spiro atoms. The number of rotatable bonds is 9. The molecule has 4 unspecified atom stereocenters. The highest BCUT2D eigenvalue weighted by Gasteiger charge is 2.35. The predicted molar refractivity (Wildman–Crippen MR) is 137 cm³/mol. The standard InChI is InChI=1S/C31H42F2/c1-3-5-7-9-10-22-12-13-24-19-25(15-14-23(24)18-22)26-16-17-27-20-28(11-8-6-4-2)30(32)31(33)29(27)21-26/h4,6,16-17,20-25H,3,5,7-15,18-19H2,1-2H3. The van der Waals surface area contributed by atoms with Gasteiger partial charge in [-0.25, -0.2) is 8.78 Å². The van der Waals surface area contributed by atoms with Crippen molar-refractivity contribution in [3.63, 3.8) is 0 Å². The summed E-state index contributed by atoms with van der Waals surface area (Å²) >= 11 is 0. The Balaban J connectivity index is 1.41. The SMILES string of the molecule is CC=CCCc1cc2ccc(C3CCC4CC(CCCCCC)CCC4C3)cc2c(F)c1F. The molecule has 2 saturated carbocycles. The Morgan fingerprint density at radius 2 is 1.73 bits per heavy atom. The molecule has 0 heterocycles. The van der Waals surface area contributed by atoms with Crippen LogP contribution in [0.4, 0.5) is 8.78 Å². The van der Waals surface area contributed by atoms with Gasteiger partial charge >= 0.3 is 0 Å². The number of fused-ring (bicyclic) bond motifs is 2. The number of hydrogen-bond acceptors (Lipinski definition) is 0. The summed E-state index contributed by atoms with van der Waals surface area (Å²) in [6.45, 7) is 4.24. The van der Waals surface area contributed by atoms with E-state index >= 15 is 0 Å². The molecule has 4 atom stereocenters. The van der Waals surface area contributed by atoms with Gasteiger partial charge in [0.25, 0.3) is 0 Å². The lowest BCUT2D eigenvalue weighted by Gasteiger charge is -2.42. The van der Waals surface area contributed by atoms with Crippen LogP contribution in [0.25, 0.3) is 10.8 Å². The summed E-state index contributed by atoms with van der Waals surface area (Å²) in [5.41, 5.74) is 1.69. The molecule has 2 aliphatic carbocycles. The maximum atomic E-state index is 15.0. The van der Waals surface area contributed by atoms with E-state index in [1.807, 2.05) is 37.3 Å². The molecule has 2 aromatic rings. The minimum absolute atomic E-state index is 0.456. The first-order valence-corrected chi connectivity index (χ1v) is 13.6. The van der Waals surface area contributed by atoms with Crippen molar-refractivity contribution in [3.05, 3.63) is 59.2 Å². The second-order valence-corrected chi connectivity index (χ2v) is 10.8. The number of hydrogen-bond donors (Lipinski definition) is 0. The van der Waals surface area contributed by atoms with Crippen molar-refractivity contribution in [2.45, 2.75) is 103 Å². The first-order valence-electron chi connectivity index (χ1n) is 13.6. The second-order valence-electron chi connectivity index (χ2n) is 10.8.